The van der Waals surface area contributed by atoms with E-state index >= 15 is 0 Å². The van der Waals surface area contributed by atoms with Crippen LogP contribution in [0.3, 0.4) is 0 Å². The molecule has 0 fully saturated rings. The van der Waals surface area contributed by atoms with Crippen LogP contribution in [0.25, 0.3) is 6.08 Å². The normalized spacial score (nSPS) is 11.1. The molecular formula is C19H19ClN2O2. The zero-order chi connectivity index (χ0) is 17.7. The van der Waals surface area contributed by atoms with Gasteiger partial charge in [0.15, 0.2) is 0 Å². The second kappa shape index (κ2) is 7.79. The maximum atomic E-state index is 12.6. The predicted octanol–water partition coefficient (Wildman–Crippen LogP) is 4.07. The van der Waals surface area contributed by atoms with Crippen molar-refractivity contribution >= 4 is 35.2 Å². The van der Waals surface area contributed by atoms with E-state index in [2.05, 4.69) is 10.6 Å². The summed E-state index contributed by atoms with van der Waals surface area (Å²) >= 11 is 6.08. The predicted molar refractivity (Wildman–Crippen MR) is 97.8 cm³/mol. The molecule has 24 heavy (non-hydrogen) atoms. The Hall–Kier alpha value is -2.59. The van der Waals surface area contributed by atoms with Crippen LogP contribution in [-0.2, 0) is 9.59 Å². The third kappa shape index (κ3) is 4.46. The maximum Gasteiger partial charge on any atom is 0.272 e. The highest BCUT2D eigenvalue weighted by molar-refractivity contribution is 6.31. The van der Waals surface area contributed by atoms with Crippen LogP contribution in [0.1, 0.15) is 23.6 Å². The summed E-state index contributed by atoms with van der Waals surface area (Å²) < 4.78 is 0. The quantitative estimate of drug-likeness (QED) is 0.823. The third-order valence-electron chi connectivity index (χ3n) is 3.56. The van der Waals surface area contributed by atoms with Crippen molar-refractivity contribution in [2.24, 2.45) is 0 Å². The molecule has 0 aliphatic heterocycles. The largest absolute Gasteiger partial charge is 0.322 e. The Morgan fingerprint density at radius 3 is 2.42 bits per heavy atom. The Bertz CT molecular complexity index is 813. The molecule has 0 heterocycles. The van der Waals surface area contributed by atoms with Crippen LogP contribution in [0.4, 0.5) is 5.69 Å². The number of carbonyl (C=O) groups is 2. The fourth-order valence-electron chi connectivity index (χ4n) is 2.18. The second-order valence-corrected chi connectivity index (χ2v) is 5.87. The summed E-state index contributed by atoms with van der Waals surface area (Å²) in [5.74, 6) is -0.716. The smallest absolute Gasteiger partial charge is 0.272 e. The molecule has 2 aromatic carbocycles. The summed E-state index contributed by atoms with van der Waals surface area (Å²) in [4.78, 5) is 24.0. The topological polar surface area (TPSA) is 58.2 Å². The number of hydrogen-bond acceptors (Lipinski definition) is 2. The molecule has 0 aliphatic carbocycles. The average Bonchev–Trinajstić information content (AvgIpc) is 2.52. The van der Waals surface area contributed by atoms with Gasteiger partial charge in [0, 0.05) is 17.6 Å². The number of carbonyl (C=O) groups excluding carboxylic acids is 2. The Morgan fingerprint density at radius 1 is 1.04 bits per heavy atom. The Morgan fingerprint density at radius 2 is 1.75 bits per heavy atom. The molecule has 0 radical (unpaired) electrons. The number of anilines is 1. The highest BCUT2D eigenvalue weighted by Gasteiger charge is 2.14. The maximum absolute atomic E-state index is 12.6. The van der Waals surface area contributed by atoms with E-state index in [0.717, 1.165) is 16.7 Å². The van der Waals surface area contributed by atoms with Gasteiger partial charge in [0.05, 0.1) is 0 Å². The molecule has 0 spiro atoms. The lowest BCUT2D eigenvalue weighted by Gasteiger charge is -2.13. The van der Waals surface area contributed by atoms with Gasteiger partial charge in [-0.1, -0.05) is 41.9 Å². The summed E-state index contributed by atoms with van der Waals surface area (Å²) in [6.45, 7) is 5.13. The number of nitrogens with one attached hydrogen (secondary N) is 2. The van der Waals surface area contributed by atoms with Gasteiger partial charge in [0.25, 0.3) is 5.91 Å². The van der Waals surface area contributed by atoms with E-state index in [4.69, 9.17) is 11.6 Å². The molecule has 2 rings (SSSR count). The zero-order valence-corrected chi connectivity index (χ0v) is 14.6. The van der Waals surface area contributed by atoms with Gasteiger partial charge in [-0.3, -0.25) is 9.59 Å². The Kier molecular flexibility index (Phi) is 5.77. The van der Waals surface area contributed by atoms with Gasteiger partial charge >= 0.3 is 0 Å². The summed E-state index contributed by atoms with van der Waals surface area (Å²) in [5, 5.41) is 5.94. The van der Waals surface area contributed by atoms with E-state index in [0.29, 0.717) is 10.7 Å². The molecule has 0 bridgehead atoms. The minimum Gasteiger partial charge on any atom is -0.322 e. The highest BCUT2D eigenvalue weighted by Crippen LogP contribution is 2.23. The van der Waals surface area contributed by atoms with Gasteiger partial charge in [-0.05, 0) is 48.7 Å². The fraction of sp³-hybridized carbons (Fsp3) is 0.158. The van der Waals surface area contributed by atoms with Crippen molar-refractivity contribution in [3.05, 3.63) is 69.9 Å². The lowest BCUT2D eigenvalue weighted by atomic mass is 10.1. The van der Waals surface area contributed by atoms with Crippen molar-refractivity contribution in [3.63, 3.8) is 0 Å². The highest BCUT2D eigenvalue weighted by atomic mass is 35.5. The van der Waals surface area contributed by atoms with Crippen LogP contribution in [-0.4, -0.2) is 11.8 Å². The molecular weight excluding hydrogens is 324 g/mol. The molecule has 0 saturated carbocycles. The minimum atomic E-state index is -0.404. The van der Waals surface area contributed by atoms with Gasteiger partial charge in [0.1, 0.15) is 5.70 Å². The third-order valence-corrected chi connectivity index (χ3v) is 3.97. The Labute approximate surface area is 146 Å². The number of hydrogen-bond donors (Lipinski definition) is 2. The SMILES string of the molecule is CC(=O)N/C(=C\c1ccccc1C)C(=O)Nc1cccc(Cl)c1C. The Balaban J connectivity index is 2.34. The fourth-order valence-corrected chi connectivity index (χ4v) is 2.36. The second-order valence-electron chi connectivity index (χ2n) is 5.46. The van der Waals surface area contributed by atoms with Gasteiger partial charge in [0.2, 0.25) is 5.91 Å². The van der Waals surface area contributed by atoms with Gasteiger partial charge in [-0.15, -0.1) is 0 Å². The molecule has 4 nitrogen and oxygen atoms in total. The molecule has 2 aromatic rings. The number of aryl methyl sites for hydroxylation is 1. The van der Waals surface area contributed by atoms with Crippen LogP contribution in [0.15, 0.2) is 48.2 Å². The molecule has 0 aromatic heterocycles. The van der Waals surface area contributed by atoms with Gasteiger partial charge in [-0.2, -0.15) is 0 Å². The molecule has 0 unspecified atom stereocenters. The minimum absolute atomic E-state index is 0.177. The summed E-state index contributed by atoms with van der Waals surface area (Å²) in [5.41, 5.74) is 3.42. The average molecular weight is 343 g/mol. The summed E-state index contributed by atoms with van der Waals surface area (Å²) in [6, 6.07) is 12.9. The molecule has 124 valence electrons. The number of amides is 2. The number of rotatable bonds is 4. The molecule has 0 aliphatic rings. The van der Waals surface area contributed by atoms with Crippen molar-refractivity contribution in [1.29, 1.82) is 0 Å². The first kappa shape index (κ1) is 17.8. The zero-order valence-electron chi connectivity index (χ0n) is 13.8. The molecule has 0 atom stereocenters. The van der Waals surface area contributed by atoms with Crippen LogP contribution in [0.5, 0.6) is 0 Å². The van der Waals surface area contributed by atoms with E-state index < -0.39 is 5.91 Å². The molecule has 0 saturated heterocycles. The number of benzene rings is 2. The van der Waals surface area contributed by atoms with E-state index in [1.807, 2.05) is 38.1 Å². The van der Waals surface area contributed by atoms with E-state index in [-0.39, 0.29) is 11.6 Å². The van der Waals surface area contributed by atoms with Crippen LogP contribution >= 0.6 is 11.6 Å². The van der Waals surface area contributed by atoms with E-state index in [9.17, 15) is 9.59 Å². The van der Waals surface area contributed by atoms with Crippen LogP contribution < -0.4 is 10.6 Å². The lowest BCUT2D eigenvalue weighted by Crippen LogP contribution is -2.29. The summed E-state index contributed by atoms with van der Waals surface area (Å²) in [7, 11) is 0. The van der Waals surface area contributed by atoms with Crippen molar-refractivity contribution in [2.75, 3.05) is 5.32 Å². The number of halogens is 1. The van der Waals surface area contributed by atoms with Crippen LogP contribution in [0, 0.1) is 13.8 Å². The lowest BCUT2D eigenvalue weighted by molar-refractivity contribution is -0.120. The standard InChI is InChI=1S/C19H19ClN2O2/c1-12-7-4-5-8-15(12)11-18(21-14(3)23)19(24)22-17-10-6-9-16(20)13(17)2/h4-11H,1-3H3,(H,21,23)(H,22,24)/b18-11-. The van der Waals surface area contributed by atoms with Gasteiger partial charge in [-0.25, -0.2) is 0 Å². The summed E-state index contributed by atoms with van der Waals surface area (Å²) in [6.07, 6.45) is 1.66. The van der Waals surface area contributed by atoms with Crippen molar-refractivity contribution < 1.29 is 9.59 Å². The van der Waals surface area contributed by atoms with E-state index in [1.54, 1.807) is 24.3 Å². The molecule has 5 heteroatoms. The molecule has 2 amide bonds. The van der Waals surface area contributed by atoms with Crippen LogP contribution in [0.2, 0.25) is 5.02 Å². The van der Waals surface area contributed by atoms with Crippen molar-refractivity contribution in [2.45, 2.75) is 20.8 Å². The first-order chi connectivity index (χ1) is 11.4. The van der Waals surface area contributed by atoms with Crippen molar-refractivity contribution in [3.8, 4) is 0 Å². The molecule has 2 N–H and O–H groups in total. The van der Waals surface area contributed by atoms with E-state index in [1.165, 1.54) is 6.92 Å². The monoisotopic (exact) mass is 342 g/mol. The first-order valence-corrected chi connectivity index (χ1v) is 7.87. The first-order valence-electron chi connectivity index (χ1n) is 7.50. The van der Waals surface area contributed by atoms with Crippen molar-refractivity contribution in [1.82, 2.24) is 5.32 Å². The van der Waals surface area contributed by atoms with Gasteiger partial charge < -0.3 is 10.6 Å².